The van der Waals surface area contributed by atoms with Crippen LogP contribution >= 0.6 is 0 Å². The van der Waals surface area contributed by atoms with Crippen molar-refractivity contribution in [3.63, 3.8) is 0 Å². The summed E-state index contributed by atoms with van der Waals surface area (Å²) in [5.41, 5.74) is 5.95. The second-order valence-electron chi connectivity index (χ2n) is 6.04. The third kappa shape index (κ3) is 2.36. The molecule has 0 spiro atoms. The van der Waals surface area contributed by atoms with Crippen LogP contribution in [-0.4, -0.2) is 38.2 Å². The molecule has 0 atom stereocenters. The van der Waals surface area contributed by atoms with E-state index in [1.54, 1.807) is 0 Å². The van der Waals surface area contributed by atoms with E-state index in [4.69, 9.17) is 10.2 Å². The number of hydrogen-bond acceptors (Lipinski definition) is 7. The van der Waals surface area contributed by atoms with Gasteiger partial charge in [0.2, 0.25) is 0 Å². The average Bonchev–Trinajstić information content (AvgIpc) is 3.18. The van der Waals surface area contributed by atoms with E-state index in [2.05, 4.69) is 37.0 Å². The fraction of sp³-hybridized carbons (Fsp3) is 0.176. The molecular weight excluding hydrogens is 356 g/mol. The number of H-pyrrole nitrogens is 1. The molecule has 3 aromatic heterocycles. The largest absolute Gasteiger partial charge is 0.423 e. The highest BCUT2D eigenvalue weighted by Gasteiger charge is 2.23. The predicted octanol–water partition coefficient (Wildman–Crippen LogP) is 1.96. The lowest BCUT2D eigenvalue weighted by Gasteiger charge is -2.28. The van der Waals surface area contributed by atoms with Crippen LogP contribution < -0.4 is 10.6 Å². The first-order chi connectivity index (χ1) is 13.1. The Hall–Kier alpha value is -3.74. The Labute approximate surface area is 150 Å². The van der Waals surface area contributed by atoms with E-state index in [0.29, 0.717) is 11.0 Å². The zero-order valence-electron chi connectivity index (χ0n) is 13.8. The molecule has 8 nitrogen and oxygen atoms in total. The van der Waals surface area contributed by atoms with Crippen LogP contribution in [0.5, 0.6) is 0 Å². The number of rotatable bonds is 1. The quantitative estimate of drug-likeness (QED) is 0.495. The molecule has 1 aromatic carbocycles. The molecule has 1 fully saturated rings. The Morgan fingerprint density at radius 1 is 1.22 bits per heavy atom. The van der Waals surface area contributed by atoms with Crippen LogP contribution in [0.15, 0.2) is 16.8 Å². The van der Waals surface area contributed by atoms with E-state index in [-0.39, 0.29) is 28.6 Å². The van der Waals surface area contributed by atoms with E-state index in [0.717, 1.165) is 25.6 Å². The van der Waals surface area contributed by atoms with Gasteiger partial charge < -0.3 is 15.1 Å². The van der Waals surface area contributed by atoms with Crippen molar-refractivity contribution >= 4 is 34.0 Å². The van der Waals surface area contributed by atoms with E-state index in [1.165, 1.54) is 6.33 Å². The van der Waals surface area contributed by atoms with Gasteiger partial charge >= 0.3 is 0 Å². The number of halogens is 2. The highest BCUT2D eigenvalue weighted by molar-refractivity contribution is 5.90. The van der Waals surface area contributed by atoms with Gasteiger partial charge in [0.15, 0.2) is 17.0 Å². The first-order valence-corrected chi connectivity index (χ1v) is 8.12. The number of nitrogens with zero attached hydrogens (tertiary/aromatic N) is 5. The number of benzene rings is 1. The summed E-state index contributed by atoms with van der Waals surface area (Å²) in [6.45, 7) is 1.55. The molecule has 0 saturated carbocycles. The van der Waals surface area contributed by atoms with Gasteiger partial charge in [0, 0.05) is 19.2 Å². The van der Waals surface area contributed by atoms with Crippen molar-refractivity contribution in [3.05, 3.63) is 35.3 Å². The van der Waals surface area contributed by atoms with Gasteiger partial charge in [0.25, 0.3) is 6.01 Å². The zero-order valence-corrected chi connectivity index (χ0v) is 13.8. The normalized spacial score (nSPS) is 13.6. The molecule has 4 aromatic rings. The maximum Gasteiger partial charge on any atom is 0.298 e. The molecular formula is C17H11F2N7O. The fourth-order valence-corrected chi connectivity index (χ4v) is 2.84. The van der Waals surface area contributed by atoms with Gasteiger partial charge in [-0.3, -0.25) is 5.10 Å². The number of nitrogen functional groups attached to an aromatic ring is 1. The molecule has 5 rings (SSSR count). The first kappa shape index (κ1) is 15.5. The molecule has 3 N–H and O–H groups in total. The van der Waals surface area contributed by atoms with Crippen LogP contribution in [0.25, 0.3) is 22.1 Å². The van der Waals surface area contributed by atoms with Crippen molar-refractivity contribution in [1.82, 2.24) is 25.1 Å². The average molecular weight is 367 g/mol. The topological polar surface area (TPSA) is 110 Å². The second-order valence-corrected chi connectivity index (χ2v) is 6.04. The van der Waals surface area contributed by atoms with Crippen LogP contribution in [-0.2, 0) is 0 Å². The lowest BCUT2D eigenvalue weighted by molar-refractivity contribution is 0.508. The van der Waals surface area contributed by atoms with Gasteiger partial charge in [0.1, 0.15) is 29.2 Å². The van der Waals surface area contributed by atoms with E-state index in [1.807, 2.05) is 4.90 Å². The minimum absolute atomic E-state index is 0.0420. The van der Waals surface area contributed by atoms with E-state index < -0.39 is 17.2 Å². The van der Waals surface area contributed by atoms with Gasteiger partial charge in [-0.2, -0.15) is 10.1 Å². The third-order valence-electron chi connectivity index (χ3n) is 4.39. The highest BCUT2D eigenvalue weighted by atomic mass is 19.1. The molecule has 10 heteroatoms. The highest BCUT2D eigenvalue weighted by Crippen LogP contribution is 2.29. The van der Waals surface area contributed by atoms with Crippen molar-refractivity contribution in [2.75, 3.05) is 23.7 Å². The zero-order chi connectivity index (χ0) is 18.5. The summed E-state index contributed by atoms with van der Waals surface area (Å²) in [7, 11) is 0. The van der Waals surface area contributed by atoms with Crippen molar-refractivity contribution in [2.24, 2.45) is 0 Å². The number of oxazole rings is 1. The van der Waals surface area contributed by atoms with Gasteiger partial charge in [-0.25, -0.2) is 18.7 Å². The maximum absolute atomic E-state index is 14.8. The first-order valence-electron chi connectivity index (χ1n) is 8.12. The summed E-state index contributed by atoms with van der Waals surface area (Å²) >= 11 is 0. The molecule has 27 heavy (non-hydrogen) atoms. The summed E-state index contributed by atoms with van der Waals surface area (Å²) in [6, 6.07) is 1.36. The Morgan fingerprint density at radius 2 is 2.07 bits per heavy atom. The number of nitrogens with one attached hydrogen (secondary N) is 1. The smallest absolute Gasteiger partial charge is 0.298 e. The lowest BCUT2D eigenvalue weighted by Crippen LogP contribution is -2.37. The molecule has 134 valence electrons. The number of aromatic amines is 1. The lowest BCUT2D eigenvalue weighted by atomic mass is 10.1. The minimum Gasteiger partial charge on any atom is -0.423 e. The molecule has 4 heterocycles. The maximum atomic E-state index is 14.8. The second kappa shape index (κ2) is 5.63. The van der Waals surface area contributed by atoms with Crippen molar-refractivity contribution < 1.29 is 13.2 Å². The van der Waals surface area contributed by atoms with Gasteiger partial charge in [0.05, 0.1) is 10.9 Å². The molecule has 0 amide bonds. The van der Waals surface area contributed by atoms with E-state index >= 15 is 0 Å². The standard InChI is InChI=1S/C17H11F2N7O/c18-9-6-11-14(23-17(27-11)26-4-1-5-26)13(19)8(9)2-3-10-12-15(20)21-7-22-16(12)25-24-10/h6-7H,1,4-5H2,(H3,20,21,22,24,25). The SMILES string of the molecule is Nc1ncnc2[nH]nc(C#Cc3c(F)cc4oc(N5CCC5)nc4c3F)c12. The molecule has 0 bridgehead atoms. The van der Waals surface area contributed by atoms with Crippen LogP contribution in [0.1, 0.15) is 17.7 Å². The predicted molar refractivity (Wildman–Crippen MR) is 92.8 cm³/mol. The van der Waals surface area contributed by atoms with Gasteiger partial charge in [-0.05, 0) is 12.3 Å². The molecule has 0 radical (unpaired) electrons. The van der Waals surface area contributed by atoms with Crippen LogP contribution in [0.3, 0.4) is 0 Å². The molecule has 1 saturated heterocycles. The van der Waals surface area contributed by atoms with Crippen molar-refractivity contribution in [3.8, 4) is 11.8 Å². The summed E-state index contributed by atoms with van der Waals surface area (Å²) in [5.74, 6) is 3.54. The monoisotopic (exact) mass is 367 g/mol. The van der Waals surface area contributed by atoms with Crippen molar-refractivity contribution in [2.45, 2.75) is 6.42 Å². The third-order valence-corrected chi connectivity index (χ3v) is 4.39. The summed E-state index contributed by atoms with van der Waals surface area (Å²) < 4.78 is 34.6. The summed E-state index contributed by atoms with van der Waals surface area (Å²) in [6.07, 6.45) is 2.29. The van der Waals surface area contributed by atoms with Crippen LogP contribution in [0, 0.1) is 23.5 Å². The van der Waals surface area contributed by atoms with Gasteiger partial charge in [-0.1, -0.05) is 5.92 Å². The number of anilines is 2. The molecule has 0 unspecified atom stereocenters. The molecule has 1 aliphatic heterocycles. The summed E-state index contributed by atoms with van der Waals surface area (Å²) in [5, 5.41) is 7.02. The Kier molecular flexibility index (Phi) is 3.24. The van der Waals surface area contributed by atoms with Crippen molar-refractivity contribution in [1.29, 1.82) is 0 Å². The van der Waals surface area contributed by atoms with E-state index in [9.17, 15) is 8.78 Å². The number of nitrogens with two attached hydrogens (primary N) is 1. The Bertz CT molecular complexity index is 1260. The molecule has 1 aliphatic rings. The number of fused-ring (bicyclic) bond motifs is 2. The van der Waals surface area contributed by atoms with Crippen LogP contribution in [0.2, 0.25) is 0 Å². The number of hydrogen-bond donors (Lipinski definition) is 2. The summed E-state index contributed by atoms with van der Waals surface area (Å²) in [4.78, 5) is 13.8. The van der Waals surface area contributed by atoms with Crippen LogP contribution in [0.4, 0.5) is 20.6 Å². The Balaban J connectivity index is 1.62. The van der Waals surface area contributed by atoms with Gasteiger partial charge in [-0.15, -0.1) is 0 Å². The number of aromatic nitrogens is 5. The Morgan fingerprint density at radius 3 is 2.85 bits per heavy atom. The fourth-order valence-electron chi connectivity index (χ4n) is 2.84. The minimum atomic E-state index is -0.878. The molecule has 0 aliphatic carbocycles.